The molecule has 0 atom stereocenters. The number of carbonyl (C=O) groups is 3. The van der Waals surface area contributed by atoms with Crippen molar-refractivity contribution in [2.75, 3.05) is 5.32 Å². The van der Waals surface area contributed by atoms with Crippen molar-refractivity contribution in [3.8, 4) is 0 Å². The second kappa shape index (κ2) is 6.45. The summed E-state index contributed by atoms with van der Waals surface area (Å²) in [6, 6.07) is 1.38. The quantitative estimate of drug-likeness (QED) is 0.784. The van der Waals surface area contributed by atoms with E-state index in [-0.39, 0.29) is 33.1 Å². The van der Waals surface area contributed by atoms with Crippen LogP contribution in [0.3, 0.4) is 0 Å². The highest BCUT2D eigenvalue weighted by Crippen LogP contribution is 2.38. The Bertz CT molecular complexity index is 1120. The summed E-state index contributed by atoms with van der Waals surface area (Å²) in [6.07, 6.45) is 2.04. The van der Waals surface area contributed by atoms with Crippen molar-refractivity contribution in [1.82, 2.24) is 9.97 Å². The first kappa shape index (κ1) is 19.7. The number of pyridine rings is 1. The number of carbonyl (C=O) groups excluding carboxylic acids is 3. The summed E-state index contributed by atoms with van der Waals surface area (Å²) in [7, 11) is 0. The Labute approximate surface area is 171 Å². The van der Waals surface area contributed by atoms with Crippen molar-refractivity contribution in [1.29, 1.82) is 0 Å². The topological polar surface area (TPSA) is 109 Å². The second-order valence-electron chi connectivity index (χ2n) is 9.54. The highest BCUT2D eigenvalue weighted by atomic mass is 32.1. The monoisotopic (exact) mass is 413 g/mol. The third-order valence-electron chi connectivity index (χ3n) is 5.42. The first-order valence-corrected chi connectivity index (χ1v) is 10.4. The van der Waals surface area contributed by atoms with Crippen LogP contribution in [0.15, 0.2) is 10.9 Å². The molecule has 2 aromatic rings. The first-order chi connectivity index (χ1) is 13.4. The van der Waals surface area contributed by atoms with Crippen molar-refractivity contribution < 1.29 is 14.4 Å². The number of fused-ring (bicyclic) bond motifs is 2. The van der Waals surface area contributed by atoms with Crippen LogP contribution < -0.4 is 10.9 Å². The number of nitrogens with one attached hydrogen (secondary N) is 2. The van der Waals surface area contributed by atoms with Gasteiger partial charge in [0.2, 0.25) is 0 Å². The highest BCUT2D eigenvalue weighted by Gasteiger charge is 2.35. The van der Waals surface area contributed by atoms with Crippen molar-refractivity contribution in [3.05, 3.63) is 43.8 Å². The number of ketones is 2. The minimum atomic E-state index is -0.635. The third kappa shape index (κ3) is 3.69. The second-order valence-corrected chi connectivity index (χ2v) is 10.5. The zero-order chi connectivity index (χ0) is 21.1. The number of aromatic amines is 1. The van der Waals surface area contributed by atoms with Crippen LogP contribution in [0.4, 0.5) is 5.13 Å². The molecule has 0 bridgehead atoms. The smallest absolute Gasteiger partial charge is 0.263 e. The molecule has 0 saturated heterocycles. The minimum absolute atomic E-state index is 0.0223. The Morgan fingerprint density at radius 1 is 1.03 bits per heavy atom. The molecule has 0 aliphatic heterocycles. The van der Waals surface area contributed by atoms with Gasteiger partial charge in [-0.3, -0.25) is 24.5 Å². The summed E-state index contributed by atoms with van der Waals surface area (Å²) < 4.78 is 0. The lowest BCUT2D eigenvalue weighted by Crippen LogP contribution is -2.32. The van der Waals surface area contributed by atoms with Gasteiger partial charge in [0.1, 0.15) is 5.56 Å². The van der Waals surface area contributed by atoms with E-state index < -0.39 is 11.5 Å². The zero-order valence-corrected chi connectivity index (χ0v) is 17.7. The Morgan fingerprint density at radius 2 is 1.69 bits per heavy atom. The van der Waals surface area contributed by atoms with E-state index in [0.29, 0.717) is 47.5 Å². The molecule has 152 valence electrons. The highest BCUT2D eigenvalue weighted by molar-refractivity contribution is 7.17. The van der Waals surface area contributed by atoms with E-state index in [1.54, 1.807) is 0 Å². The molecule has 0 fully saturated rings. The van der Waals surface area contributed by atoms with E-state index >= 15 is 0 Å². The SMILES string of the molecule is CC1(C)CC(=O)c2sc(NC(=O)c3cc4c([nH]c3=O)CC(C)(C)CC4=O)nc2C1. The lowest BCUT2D eigenvalue weighted by molar-refractivity contribution is 0.0902. The number of hydrogen-bond donors (Lipinski definition) is 2. The minimum Gasteiger partial charge on any atom is -0.325 e. The average Bonchev–Trinajstić information content (AvgIpc) is 2.94. The number of amides is 1. The van der Waals surface area contributed by atoms with Crippen molar-refractivity contribution in [2.45, 2.75) is 53.4 Å². The van der Waals surface area contributed by atoms with E-state index in [1.807, 2.05) is 27.7 Å². The Kier molecular flexibility index (Phi) is 4.38. The molecule has 1 amide bonds. The average molecular weight is 413 g/mol. The van der Waals surface area contributed by atoms with E-state index in [0.717, 1.165) is 11.3 Å². The van der Waals surface area contributed by atoms with Gasteiger partial charge in [-0.1, -0.05) is 39.0 Å². The van der Waals surface area contributed by atoms with Gasteiger partial charge < -0.3 is 4.98 Å². The normalized spacial score (nSPS) is 19.4. The number of thiazole rings is 1. The van der Waals surface area contributed by atoms with E-state index in [4.69, 9.17) is 0 Å². The van der Waals surface area contributed by atoms with Crippen LogP contribution in [0.5, 0.6) is 0 Å². The molecule has 0 radical (unpaired) electrons. The maximum absolute atomic E-state index is 12.7. The lowest BCUT2D eigenvalue weighted by atomic mass is 9.75. The van der Waals surface area contributed by atoms with E-state index in [2.05, 4.69) is 15.3 Å². The van der Waals surface area contributed by atoms with Gasteiger partial charge in [0, 0.05) is 24.1 Å². The fourth-order valence-corrected chi connectivity index (χ4v) is 5.05. The number of nitrogens with zero attached hydrogens (tertiary/aromatic N) is 1. The molecular formula is C21H23N3O4S. The summed E-state index contributed by atoms with van der Waals surface area (Å²) in [5.74, 6) is -0.697. The van der Waals surface area contributed by atoms with Crippen LogP contribution >= 0.6 is 11.3 Å². The first-order valence-electron chi connectivity index (χ1n) is 9.58. The number of Topliss-reactive ketones (excluding diaryl/α,β-unsaturated/α-hetero) is 2. The van der Waals surface area contributed by atoms with Crippen LogP contribution in [-0.4, -0.2) is 27.4 Å². The van der Waals surface area contributed by atoms with Gasteiger partial charge in [-0.05, 0) is 29.7 Å². The van der Waals surface area contributed by atoms with Crippen molar-refractivity contribution in [2.24, 2.45) is 10.8 Å². The van der Waals surface area contributed by atoms with Crippen molar-refractivity contribution >= 4 is 33.9 Å². The van der Waals surface area contributed by atoms with Crippen LogP contribution in [0.2, 0.25) is 0 Å². The maximum Gasteiger partial charge on any atom is 0.263 e. The van der Waals surface area contributed by atoms with E-state index in [1.165, 1.54) is 6.07 Å². The van der Waals surface area contributed by atoms with Crippen LogP contribution in [-0.2, 0) is 12.8 Å². The molecule has 2 heterocycles. The molecule has 29 heavy (non-hydrogen) atoms. The number of H-pyrrole nitrogens is 1. The van der Waals surface area contributed by atoms with Crippen LogP contribution in [0.1, 0.15) is 82.3 Å². The van der Waals surface area contributed by atoms with Gasteiger partial charge in [0.25, 0.3) is 11.5 Å². The maximum atomic E-state index is 12.7. The fourth-order valence-electron chi connectivity index (χ4n) is 4.13. The number of anilines is 1. The molecule has 8 heteroatoms. The molecule has 7 nitrogen and oxygen atoms in total. The van der Waals surface area contributed by atoms with Gasteiger partial charge in [-0.2, -0.15) is 0 Å². The Morgan fingerprint density at radius 3 is 2.41 bits per heavy atom. The van der Waals surface area contributed by atoms with Gasteiger partial charge in [-0.25, -0.2) is 4.98 Å². The molecule has 2 aliphatic carbocycles. The fraction of sp³-hybridized carbons (Fsp3) is 0.476. The summed E-state index contributed by atoms with van der Waals surface area (Å²) >= 11 is 1.13. The Balaban J connectivity index is 1.62. The number of rotatable bonds is 2. The van der Waals surface area contributed by atoms with Crippen molar-refractivity contribution in [3.63, 3.8) is 0 Å². The summed E-state index contributed by atoms with van der Waals surface area (Å²) in [5.41, 5.74) is 0.598. The van der Waals surface area contributed by atoms with Gasteiger partial charge >= 0.3 is 0 Å². The largest absolute Gasteiger partial charge is 0.325 e. The molecular weight excluding hydrogens is 390 g/mol. The van der Waals surface area contributed by atoms with Crippen LogP contribution in [0, 0.1) is 10.8 Å². The molecule has 0 aromatic carbocycles. The molecule has 2 aliphatic rings. The lowest BCUT2D eigenvalue weighted by Gasteiger charge is -2.29. The predicted molar refractivity (Wildman–Crippen MR) is 110 cm³/mol. The third-order valence-corrected chi connectivity index (χ3v) is 6.47. The molecule has 2 N–H and O–H groups in total. The summed E-state index contributed by atoms with van der Waals surface area (Å²) in [6.45, 7) is 7.96. The Hall–Kier alpha value is -2.61. The molecule has 0 spiro atoms. The van der Waals surface area contributed by atoms with Crippen LogP contribution in [0.25, 0.3) is 0 Å². The van der Waals surface area contributed by atoms with Gasteiger partial charge in [0.15, 0.2) is 16.7 Å². The number of hydrogen-bond acceptors (Lipinski definition) is 6. The predicted octanol–water partition coefficient (Wildman–Crippen LogP) is 3.39. The molecule has 4 rings (SSSR count). The molecule has 2 aromatic heterocycles. The summed E-state index contributed by atoms with van der Waals surface area (Å²) in [5, 5.41) is 2.91. The van der Waals surface area contributed by atoms with E-state index in [9.17, 15) is 19.2 Å². The summed E-state index contributed by atoms with van der Waals surface area (Å²) in [4.78, 5) is 57.7. The standard InChI is InChI=1S/C21H23N3O4S/c1-20(2)6-12-10(14(25)8-20)5-11(17(27)22-12)18(28)24-19-23-13-7-21(3,4)9-15(26)16(13)29-19/h5H,6-9H2,1-4H3,(H,22,27)(H,23,24,28). The molecule has 0 unspecified atom stereocenters. The van der Waals surface area contributed by atoms with Gasteiger partial charge in [0.05, 0.1) is 10.6 Å². The zero-order valence-electron chi connectivity index (χ0n) is 16.9. The number of aromatic nitrogens is 2. The van der Waals surface area contributed by atoms with Gasteiger partial charge in [-0.15, -0.1) is 0 Å². The molecule has 0 saturated carbocycles.